The third-order valence-electron chi connectivity index (χ3n) is 2.67. The summed E-state index contributed by atoms with van der Waals surface area (Å²) in [7, 11) is 0. The van der Waals surface area contributed by atoms with E-state index in [2.05, 4.69) is 13.8 Å². The standard InChI is InChI=1S/C13H20O/c1-4-6-10(2)9-12-8-5-7-11(3)13(12)14/h5,7-8,10,14H,4,6,9H2,1-3H3. The number of hydrogen-bond donors (Lipinski definition) is 1. The number of aryl methyl sites for hydroxylation is 1. The summed E-state index contributed by atoms with van der Waals surface area (Å²) in [5, 5.41) is 9.81. The predicted octanol–water partition coefficient (Wildman–Crippen LogP) is 3.68. The molecule has 1 aromatic rings. The predicted molar refractivity (Wildman–Crippen MR) is 60.6 cm³/mol. The van der Waals surface area contributed by atoms with Gasteiger partial charge >= 0.3 is 0 Å². The number of rotatable bonds is 4. The van der Waals surface area contributed by atoms with Crippen molar-refractivity contribution in [2.24, 2.45) is 5.92 Å². The zero-order chi connectivity index (χ0) is 10.6. The quantitative estimate of drug-likeness (QED) is 0.771. The Morgan fingerprint density at radius 3 is 2.71 bits per heavy atom. The van der Waals surface area contributed by atoms with Crippen molar-refractivity contribution in [2.45, 2.75) is 40.0 Å². The summed E-state index contributed by atoms with van der Waals surface area (Å²) in [4.78, 5) is 0. The molecule has 1 heteroatoms. The van der Waals surface area contributed by atoms with E-state index in [1.54, 1.807) is 0 Å². The third-order valence-corrected chi connectivity index (χ3v) is 2.67. The van der Waals surface area contributed by atoms with Gasteiger partial charge in [0.25, 0.3) is 0 Å². The maximum absolute atomic E-state index is 9.81. The van der Waals surface area contributed by atoms with Gasteiger partial charge in [0, 0.05) is 0 Å². The summed E-state index contributed by atoms with van der Waals surface area (Å²) in [6, 6.07) is 5.99. The van der Waals surface area contributed by atoms with Gasteiger partial charge < -0.3 is 5.11 Å². The van der Waals surface area contributed by atoms with Crippen molar-refractivity contribution in [3.8, 4) is 5.75 Å². The van der Waals surface area contributed by atoms with Crippen molar-refractivity contribution >= 4 is 0 Å². The van der Waals surface area contributed by atoms with Gasteiger partial charge in [0.15, 0.2) is 0 Å². The molecule has 0 radical (unpaired) electrons. The second-order valence-corrected chi connectivity index (χ2v) is 4.18. The first-order valence-corrected chi connectivity index (χ1v) is 5.42. The Hall–Kier alpha value is -0.980. The molecule has 0 aromatic heterocycles. The topological polar surface area (TPSA) is 20.2 Å². The Labute approximate surface area is 86.8 Å². The Balaban J connectivity index is 2.71. The van der Waals surface area contributed by atoms with E-state index in [0.717, 1.165) is 17.5 Å². The van der Waals surface area contributed by atoms with Gasteiger partial charge in [0.05, 0.1) is 0 Å². The van der Waals surface area contributed by atoms with Gasteiger partial charge in [-0.2, -0.15) is 0 Å². The Morgan fingerprint density at radius 1 is 1.36 bits per heavy atom. The molecule has 78 valence electrons. The first kappa shape index (κ1) is 11.1. The molecule has 1 N–H and O–H groups in total. The zero-order valence-corrected chi connectivity index (χ0v) is 9.38. The van der Waals surface area contributed by atoms with Crippen LogP contribution >= 0.6 is 0 Å². The minimum absolute atomic E-state index is 0.482. The molecule has 0 aliphatic rings. The summed E-state index contributed by atoms with van der Waals surface area (Å²) >= 11 is 0. The minimum Gasteiger partial charge on any atom is -0.507 e. The fourth-order valence-electron chi connectivity index (χ4n) is 1.85. The van der Waals surface area contributed by atoms with Crippen LogP contribution in [-0.4, -0.2) is 5.11 Å². The van der Waals surface area contributed by atoms with E-state index in [1.807, 2.05) is 25.1 Å². The molecule has 0 fully saturated rings. The van der Waals surface area contributed by atoms with Crippen LogP contribution in [0.2, 0.25) is 0 Å². The summed E-state index contributed by atoms with van der Waals surface area (Å²) in [5.41, 5.74) is 2.07. The molecule has 0 aliphatic carbocycles. The molecule has 0 spiro atoms. The lowest BCUT2D eigenvalue weighted by atomic mass is 9.95. The van der Waals surface area contributed by atoms with Gasteiger partial charge in [-0.1, -0.05) is 44.9 Å². The van der Waals surface area contributed by atoms with E-state index < -0.39 is 0 Å². The first-order chi connectivity index (χ1) is 6.65. The third kappa shape index (κ3) is 2.76. The summed E-state index contributed by atoms with van der Waals surface area (Å²) in [6.07, 6.45) is 3.43. The molecule has 1 atom stereocenters. The van der Waals surface area contributed by atoms with E-state index in [9.17, 15) is 5.11 Å². The van der Waals surface area contributed by atoms with Crippen LogP contribution in [0.1, 0.15) is 37.8 Å². The second-order valence-electron chi connectivity index (χ2n) is 4.18. The molecule has 1 rings (SSSR count). The van der Waals surface area contributed by atoms with Gasteiger partial charge in [0.2, 0.25) is 0 Å². The minimum atomic E-state index is 0.482. The number of benzene rings is 1. The molecular formula is C13H20O. The van der Waals surface area contributed by atoms with Crippen molar-refractivity contribution in [1.82, 2.24) is 0 Å². The van der Waals surface area contributed by atoms with Crippen molar-refractivity contribution in [2.75, 3.05) is 0 Å². The lowest BCUT2D eigenvalue weighted by Gasteiger charge is -2.12. The van der Waals surface area contributed by atoms with Gasteiger partial charge in [-0.25, -0.2) is 0 Å². The smallest absolute Gasteiger partial charge is 0.121 e. The molecule has 14 heavy (non-hydrogen) atoms. The van der Waals surface area contributed by atoms with Crippen LogP contribution < -0.4 is 0 Å². The van der Waals surface area contributed by atoms with Gasteiger partial charge in [-0.15, -0.1) is 0 Å². The molecule has 0 amide bonds. The van der Waals surface area contributed by atoms with Crippen LogP contribution in [0.15, 0.2) is 18.2 Å². The van der Waals surface area contributed by atoms with Crippen LogP contribution in [0.3, 0.4) is 0 Å². The lowest BCUT2D eigenvalue weighted by Crippen LogP contribution is -1.99. The molecule has 1 nitrogen and oxygen atoms in total. The maximum Gasteiger partial charge on any atom is 0.121 e. The molecule has 0 bridgehead atoms. The average molecular weight is 192 g/mol. The van der Waals surface area contributed by atoms with Crippen molar-refractivity contribution in [1.29, 1.82) is 0 Å². The molecule has 0 aliphatic heterocycles. The normalized spacial score (nSPS) is 12.8. The largest absolute Gasteiger partial charge is 0.507 e. The maximum atomic E-state index is 9.81. The molecule has 1 aromatic carbocycles. The van der Waals surface area contributed by atoms with Crippen molar-refractivity contribution in [3.63, 3.8) is 0 Å². The number of hydrogen-bond acceptors (Lipinski definition) is 1. The molecule has 1 unspecified atom stereocenters. The SMILES string of the molecule is CCCC(C)Cc1cccc(C)c1O. The highest BCUT2D eigenvalue weighted by Crippen LogP contribution is 2.25. The van der Waals surface area contributed by atoms with Crippen molar-refractivity contribution in [3.05, 3.63) is 29.3 Å². The average Bonchev–Trinajstić information content (AvgIpc) is 2.13. The fourth-order valence-corrected chi connectivity index (χ4v) is 1.85. The molecule has 0 saturated carbocycles. The molecule has 0 saturated heterocycles. The van der Waals surface area contributed by atoms with Crippen molar-refractivity contribution < 1.29 is 5.11 Å². The van der Waals surface area contributed by atoms with Gasteiger partial charge in [-0.3, -0.25) is 0 Å². The zero-order valence-electron chi connectivity index (χ0n) is 9.38. The number of phenolic OH excluding ortho intramolecular Hbond substituents is 1. The van der Waals surface area contributed by atoms with E-state index in [1.165, 1.54) is 12.8 Å². The van der Waals surface area contributed by atoms with E-state index in [4.69, 9.17) is 0 Å². The summed E-state index contributed by atoms with van der Waals surface area (Å²) in [5.74, 6) is 1.14. The van der Waals surface area contributed by atoms with Crippen LogP contribution in [0.4, 0.5) is 0 Å². The van der Waals surface area contributed by atoms with Gasteiger partial charge in [0.1, 0.15) is 5.75 Å². The monoisotopic (exact) mass is 192 g/mol. The van der Waals surface area contributed by atoms with Crippen LogP contribution in [-0.2, 0) is 6.42 Å². The fraction of sp³-hybridized carbons (Fsp3) is 0.538. The van der Waals surface area contributed by atoms with E-state index in [0.29, 0.717) is 11.7 Å². The second kappa shape index (κ2) is 5.04. The lowest BCUT2D eigenvalue weighted by molar-refractivity contribution is 0.449. The van der Waals surface area contributed by atoms with Crippen LogP contribution in [0.5, 0.6) is 5.75 Å². The molecular weight excluding hydrogens is 172 g/mol. The highest BCUT2D eigenvalue weighted by Gasteiger charge is 2.07. The van der Waals surface area contributed by atoms with Crippen LogP contribution in [0.25, 0.3) is 0 Å². The van der Waals surface area contributed by atoms with E-state index >= 15 is 0 Å². The summed E-state index contributed by atoms with van der Waals surface area (Å²) < 4.78 is 0. The first-order valence-electron chi connectivity index (χ1n) is 5.42. The van der Waals surface area contributed by atoms with E-state index in [-0.39, 0.29) is 0 Å². The van der Waals surface area contributed by atoms with Crippen LogP contribution in [0, 0.1) is 12.8 Å². The number of para-hydroxylation sites is 1. The molecule has 0 heterocycles. The number of aromatic hydroxyl groups is 1. The Bertz CT molecular complexity index is 291. The summed E-state index contributed by atoms with van der Waals surface area (Å²) in [6.45, 7) is 6.39. The number of phenols is 1. The van der Waals surface area contributed by atoms with Gasteiger partial charge in [-0.05, 0) is 30.4 Å². The highest BCUT2D eigenvalue weighted by atomic mass is 16.3. The highest BCUT2D eigenvalue weighted by molar-refractivity contribution is 5.39. The Kier molecular flexibility index (Phi) is 3.99. The Morgan fingerprint density at radius 2 is 2.07 bits per heavy atom.